The van der Waals surface area contributed by atoms with Gasteiger partial charge in [0, 0.05) is 19.2 Å². The van der Waals surface area contributed by atoms with Crippen LogP contribution >= 0.6 is 0 Å². The molecule has 1 rings (SSSR count). The zero-order chi connectivity index (χ0) is 14.3. The van der Waals surface area contributed by atoms with Crippen LogP contribution in [0.15, 0.2) is 18.2 Å². The molecule has 0 saturated carbocycles. The van der Waals surface area contributed by atoms with Gasteiger partial charge in [-0.3, -0.25) is 4.79 Å². The van der Waals surface area contributed by atoms with Gasteiger partial charge in [0.2, 0.25) is 0 Å². The Kier molecular flexibility index (Phi) is 6.15. The zero-order valence-corrected chi connectivity index (χ0v) is 11.7. The molecule has 0 radical (unpaired) electrons. The Bertz CT molecular complexity index is 420. The van der Waals surface area contributed by atoms with Gasteiger partial charge in [-0.25, -0.2) is 0 Å². The van der Waals surface area contributed by atoms with Crippen LogP contribution in [0.25, 0.3) is 0 Å². The van der Waals surface area contributed by atoms with E-state index in [0.717, 1.165) is 0 Å². The van der Waals surface area contributed by atoms with Crippen molar-refractivity contribution in [3.05, 3.63) is 23.8 Å². The van der Waals surface area contributed by atoms with Gasteiger partial charge in [-0.05, 0) is 19.9 Å². The number of carbonyl (C=O) groups is 1. The van der Waals surface area contributed by atoms with Crippen molar-refractivity contribution >= 4 is 5.91 Å². The SMILES string of the molecule is CCOc1cccc(CO)c1OCC(=O)N(C)CC. The van der Waals surface area contributed by atoms with E-state index in [-0.39, 0.29) is 19.1 Å². The number of hydrogen-bond acceptors (Lipinski definition) is 4. The maximum atomic E-state index is 11.7. The number of likely N-dealkylation sites (N-methyl/N-ethyl adjacent to an activating group) is 1. The summed E-state index contributed by atoms with van der Waals surface area (Å²) in [6.45, 7) is 4.66. The fraction of sp³-hybridized carbons (Fsp3) is 0.500. The normalized spacial score (nSPS) is 10.1. The number of aliphatic hydroxyl groups excluding tert-OH is 1. The van der Waals surface area contributed by atoms with E-state index in [1.54, 1.807) is 30.1 Å². The van der Waals surface area contributed by atoms with Gasteiger partial charge in [0.1, 0.15) is 0 Å². The molecular formula is C14H21NO4. The van der Waals surface area contributed by atoms with Crippen LogP contribution in [0.5, 0.6) is 11.5 Å². The van der Waals surface area contributed by atoms with E-state index in [9.17, 15) is 9.90 Å². The molecule has 19 heavy (non-hydrogen) atoms. The Balaban J connectivity index is 2.83. The third-order valence-corrected chi connectivity index (χ3v) is 2.77. The van der Waals surface area contributed by atoms with Gasteiger partial charge in [-0.15, -0.1) is 0 Å². The average molecular weight is 267 g/mol. The Labute approximate surface area is 113 Å². The number of para-hydroxylation sites is 1. The van der Waals surface area contributed by atoms with E-state index in [1.165, 1.54) is 0 Å². The van der Waals surface area contributed by atoms with Crippen molar-refractivity contribution in [2.24, 2.45) is 0 Å². The highest BCUT2D eigenvalue weighted by atomic mass is 16.5. The molecule has 0 spiro atoms. The first-order valence-electron chi connectivity index (χ1n) is 6.36. The van der Waals surface area contributed by atoms with Gasteiger partial charge in [-0.2, -0.15) is 0 Å². The molecule has 1 aromatic carbocycles. The largest absolute Gasteiger partial charge is 0.490 e. The van der Waals surface area contributed by atoms with Crippen molar-refractivity contribution in [1.82, 2.24) is 4.90 Å². The molecule has 0 aliphatic carbocycles. The molecule has 0 heterocycles. The van der Waals surface area contributed by atoms with E-state index >= 15 is 0 Å². The monoisotopic (exact) mass is 267 g/mol. The Hall–Kier alpha value is -1.75. The number of hydrogen-bond donors (Lipinski definition) is 1. The summed E-state index contributed by atoms with van der Waals surface area (Å²) in [7, 11) is 1.72. The van der Waals surface area contributed by atoms with Crippen LogP contribution in [0.2, 0.25) is 0 Å². The summed E-state index contributed by atoms with van der Waals surface area (Å²) in [6, 6.07) is 5.28. The molecule has 0 saturated heterocycles. The van der Waals surface area contributed by atoms with Gasteiger partial charge in [-0.1, -0.05) is 12.1 Å². The van der Waals surface area contributed by atoms with Gasteiger partial charge >= 0.3 is 0 Å². The lowest BCUT2D eigenvalue weighted by Gasteiger charge is -2.18. The molecule has 5 heteroatoms. The summed E-state index contributed by atoms with van der Waals surface area (Å²) < 4.78 is 11.0. The van der Waals surface area contributed by atoms with Crippen LogP contribution < -0.4 is 9.47 Å². The molecule has 0 aliphatic heterocycles. The lowest BCUT2D eigenvalue weighted by molar-refractivity contribution is -0.131. The molecule has 0 atom stereocenters. The molecule has 106 valence electrons. The molecule has 1 N–H and O–H groups in total. The highest BCUT2D eigenvalue weighted by Gasteiger charge is 2.13. The quantitative estimate of drug-likeness (QED) is 0.812. The summed E-state index contributed by atoms with van der Waals surface area (Å²) >= 11 is 0. The minimum Gasteiger partial charge on any atom is -0.490 e. The minimum atomic E-state index is -0.159. The van der Waals surface area contributed by atoms with Crippen LogP contribution in [-0.2, 0) is 11.4 Å². The highest BCUT2D eigenvalue weighted by Crippen LogP contribution is 2.31. The number of nitrogens with zero attached hydrogens (tertiary/aromatic N) is 1. The lowest BCUT2D eigenvalue weighted by Crippen LogP contribution is -2.31. The predicted octanol–water partition coefficient (Wildman–Crippen LogP) is 1.43. The Morgan fingerprint density at radius 1 is 1.32 bits per heavy atom. The van der Waals surface area contributed by atoms with E-state index in [1.807, 2.05) is 13.8 Å². The summed E-state index contributed by atoms with van der Waals surface area (Å²) in [5.74, 6) is 0.864. The fourth-order valence-corrected chi connectivity index (χ4v) is 1.54. The third kappa shape index (κ3) is 4.13. The molecule has 0 unspecified atom stereocenters. The van der Waals surface area contributed by atoms with E-state index < -0.39 is 0 Å². The molecule has 0 bridgehead atoms. The van der Waals surface area contributed by atoms with E-state index in [0.29, 0.717) is 30.2 Å². The standard InChI is InChI=1S/C14H21NO4/c1-4-15(3)13(17)10-19-14-11(9-16)7-6-8-12(14)18-5-2/h6-8,16H,4-5,9-10H2,1-3H3. The lowest BCUT2D eigenvalue weighted by atomic mass is 10.2. The van der Waals surface area contributed by atoms with Crippen LogP contribution in [0.3, 0.4) is 0 Å². The van der Waals surface area contributed by atoms with Crippen molar-refractivity contribution in [3.8, 4) is 11.5 Å². The van der Waals surface area contributed by atoms with Crippen LogP contribution in [0.4, 0.5) is 0 Å². The maximum absolute atomic E-state index is 11.7. The van der Waals surface area contributed by atoms with Crippen molar-refractivity contribution in [2.45, 2.75) is 20.5 Å². The second-order valence-electron chi connectivity index (χ2n) is 4.03. The number of carbonyl (C=O) groups excluding carboxylic acids is 1. The zero-order valence-electron chi connectivity index (χ0n) is 11.7. The molecule has 0 aromatic heterocycles. The number of rotatable bonds is 7. The molecule has 0 aliphatic rings. The van der Waals surface area contributed by atoms with Gasteiger partial charge in [0.15, 0.2) is 18.1 Å². The molecule has 0 fully saturated rings. The second-order valence-corrected chi connectivity index (χ2v) is 4.03. The first-order chi connectivity index (χ1) is 9.13. The molecule has 1 amide bonds. The van der Waals surface area contributed by atoms with Crippen LogP contribution in [0.1, 0.15) is 19.4 Å². The first kappa shape index (κ1) is 15.3. The van der Waals surface area contributed by atoms with Crippen LogP contribution in [0, 0.1) is 0 Å². The topological polar surface area (TPSA) is 59.0 Å². The van der Waals surface area contributed by atoms with Gasteiger partial charge in [0.25, 0.3) is 5.91 Å². The summed E-state index contributed by atoms with van der Waals surface area (Å²) in [5.41, 5.74) is 0.609. The van der Waals surface area contributed by atoms with Crippen molar-refractivity contribution < 1.29 is 19.4 Å². The number of aliphatic hydroxyl groups is 1. The average Bonchev–Trinajstić information content (AvgIpc) is 2.44. The van der Waals surface area contributed by atoms with E-state index in [2.05, 4.69) is 0 Å². The number of ether oxygens (including phenoxy) is 2. The first-order valence-corrected chi connectivity index (χ1v) is 6.36. The highest BCUT2D eigenvalue weighted by molar-refractivity contribution is 5.77. The number of amides is 1. The number of benzene rings is 1. The minimum absolute atomic E-state index is 0.0680. The molecule has 5 nitrogen and oxygen atoms in total. The van der Waals surface area contributed by atoms with Crippen LogP contribution in [-0.4, -0.2) is 42.7 Å². The Morgan fingerprint density at radius 2 is 2.05 bits per heavy atom. The van der Waals surface area contributed by atoms with Gasteiger partial charge < -0.3 is 19.5 Å². The summed E-state index contributed by atoms with van der Waals surface area (Å²) in [5, 5.41) is 9.30. The van der Waals surface area contributed by atoms with E-state index in [4.69, 9.17) is 9.47 Å². The fourth-order valence-electron chi connectivity index (χ4n) is 1.54. The molecular weight excluding hydrogens is 246 g/mol. The second kappa shape index (κ2) is 7.63. The maximum Gasteiger partial charge on any atom is 0.260 e. The summed E-state index contributed by atoms with van der Waals surface area (Å²) in [4.78, 5) is 13.3. The van der Waals surface area contributed by atoms with Crippen molar-refractivity contribution in [2.75, 3.05) is 26.8 Å². The Morgan fingerprint density at radius 3 is 2.63 bits per heavy atom. The molecule has 1 aromatic rings. The third-order valence-electron chi connectivity index (χ3n) is 2.77. The van der Waals surface area contributed by atoms with Gasteiger partial charge in [0.05, 0.1) is 13.2 Å². The summed E-state index contributed by atoms with van der Waals surface area (Å²) in [6.07, 6.45) is 0. The van der Waals surface area contributed by atoms with Crippen molar-refractivity contribution in [3.63, 3.8) is 0 Å². The smallest absolute Gasteiger partial charge is 0.260 e. The predicted molar refractivity (Wildman–Crippen MR) is 72.3 cm³/mol. The van der Waals surface area contributed by atoms with Crippen molar-refractivity contribution in [1.29, 1.82) is 0 Å².